The van der Waals surface area contributed by atoms with E-state index in [1.165, 1.54) is 24.3 Å². The Kier molecular flexibility index (Phi) is 5.91. The molecule has 0 aliphatic carbocycles. The largest absolute Gasteiger partial charge is 0.433 e. The van der Waals surface area contributed by atoms with Crippen molar-refractivity contribution in [3.63, 3.8) is 0 Å². The van der Waals surface area contributed by atoms with E-state index < -0.39 is 17.8 Å². The summed E-state index contributed by atoms with van der Waals surface area (Å²) in [7, 11) is 0. The van der Waals surface area contributed by atoms with Gasteiger partial charge in [0.2, 0.25) is 5.91 Å². The second-order valence-electron chi connectivity index (χ2n) is 7.18. The van der Waals surface area contributed by atoms with Gasteiger partial charge in [0.25, 0.3) is 0 Å². The smallest absolute Gasteiger partial charge is 0.345 e. The van der Waals surface area contributed by atoms with Crippen molar-refractivity contribution in [3.8, 4) is 0 Å². The molecule has 5 nitrogen and oxygen atoms in total. The highest BCUT2D eigenvalue weighted by Crippen LogP contribution is 2.30. The number of amides is 1. The highest BCUT2D eigenvalue weighted by atomic mass is 19.4. The van der Waals surface area contributed by atoms with Crippen LogP contribution in [0.5, 0.6) is 0 Å². The van der Waals surface area contributed by atoms with Crippen molar-refractivity contribution in [1.29, 1.82) is 0 Å². The average molecular weight is 420 g/mol. The van der Waals surface area contributed by atoms with Crippen LogP contribution in [0.2, 0.25) is 0 Å². The molecule has 0 saturated heterocycles. The van der Waals surface area contributed by atoms with Gasteiger partial charge in [-0.05, 0) is 42.7 Å². The molecule has 158 valence electrons. The Balaban J connectivity index is 1.86. The van der Waals surface area contributed by atoms with Crippen LogP contribution < -0.4 is 5.32 Å². The molecule has 1 unspecified atom stereocenters. The van der Waals surface area contributed by atoms with Gasteiger partial charge in [0.15, 0.2) is 5.65 Å². The maximum atomic E-state index is 13.2. The minimum Gasteiger partial charge on any atom is -0.345 e. The zero-order valence-electron chi connectivity index (χ0n) is 16.5. The highest BCUT2D eigenvalue weighted by molar-refractivity contribution is 5.93. The fourth-order valence-corrected chi connectivity index (χ4v) is 3.14. The Morgan fingerprint density at radius 1 is 1.17 bits per heavy atom. The molecule has 9 heteroatoms. The van der Waals surface area contributed by atoms with E-state index in [2.05, 4.69) is 15.4 Å². The lowest BCUT2D eigenvalue weighted by atomic mass is 9.96. The zero-order chi connectivity index (χ0) is 22.1. The van der Waals surface area contributed by atoms with Gasteiger partial charge in [-0.3, -0.25) is 4.79 Å². The number of carbonyl (C=O) groups excluding carboxylic acids is 1. The Labute approximate surface area is 170 Å². The van der Waals surface area contributed by atoms with Crippen LogP contribution in [-0.4, -0.2) is 20.5 Å². The number of aromatic nitrogens is 3. The van der Waals surface area contributed by atoms with Crippen LogP contribution in [0.3, 0.4) is 0 Å². The van der Waals surface area contributed by atoms with Gasteiger partial charge < -0.3 is 5.32 Å². The number of nitrogens with one attached hydrogen (secondary N) is 1. The standard InChI is InChI=1S/C21H20F4N4O/c1-12(2)19(14-4-6-15(22)7-5-14)27-18(30)9-8-16-13(3)28-29-17(21(23,24)25)10-11-26-20(16)29/h4-12,19H,1-3H3,(H,27,30). The van der Waals surface area contributed by atoms with Crippen LogP contribution in [0.1, 0.15) is 42.4 Å². The first-order valence-corrected chi connectivity index (χ1v) is 9.23. The molecule has 2 aromatic heterocycles. The second-order valence-corrected chi connectivity index (χ2v) is 7.18. The molecule has 0 aliphatic rings. The van der Waals surface area contributed by atoms with Crippen molar-refractivity contribution in [2.45, 2.75) is 33.0 Å². The van der Waals surface area contributed by atoms with Crippen molar-refractivity contribution in [2.24, 2.45) is 5.92 Å². The number of hydrogen-bond donors (Lipinski definition) is 1. The van der Waals surface area contributed by atoms with Gasteiger partial charge in [0.1, 0.15) is 11.5 Å². The summed E-state index contributed by atoms with van der Waals surface area (Å²) in [5.74, 6) is -0.784. The zero-order valence-corrected chi connectivity index (χ0v) is 16.5. The summed E-state index contributed by atoms with van der Waals surface area (Å²) in [6, 6.07) is 6.32. The summed E-state index contributed by atoms with van der Waals surface area (Å²) in [6.45, 7) is 5.37. The maximum Gasteiger partial charge on any atom is 0.433 e. The molecule has 0 fully saturated rings. The normalized spacial score (nSPS) is 13.3. The van der Waals surface area contributed by atoms with E-state index >= 15 is 0 Å². The first kappa shape index (κ1) is 21.5. The molecule has 2 heterocycles. The minimum absolute atomic E-state index is 0.00493. The third kappa shape index (κ3) is 4.50. The third-order valence-electron chi connectivity index (χ3n) is 4.62. The van der Waals surface area contributed by atoms with E-state index in [0.717, 1.165) is 22.3 Å². The fourth-order valence-electron chi connectivity index (χ4n) is 3.14. The molecule has 1 N–H and O–H groups in total. The average Bonchev–Trinajstić information content (AvgIpc) is 2.99. The lowest BCUT2D eigenvalue weighted by Gasteiger charge is -2.22. The summed E-state index contributed by atoms with van der Waals surface area (Å²) < 4.78 is 53.5. The summed E-state index contributed by atoms with van der Waals surface area (Å²) in [6.07, 6.45) is -0.912. The van der Waals surface area contributed by atoms with Gasteiger partial charge in [-0.1, -0.05) is 26.0 Å². The van der Waals surface area contributed by atoms with Crippen molar-refractivity contribution >= 4 is 17.6 Å². The molecule has 30 heavy (non-hydrogen) atoms. The van der Waals surface area contributed by atoms with Gasteiger partial charge in [-0.2, -0.15) is 18.3 Å². The van der Waals surface area contributed by atoms with Gasteiger partial charge in [-0.15, -0.1) is 0 Å². The number of halogens is 4. The monoisotopic (exact) mass is 420 g/mol. The molecule has 3 aromatic rings. The number of benzene rings is 1. The summed E-state index contributed by atoms with van der Waals surface area (Å²) >= 11 is 0. The van der Waals surface area contributed by atoms with E-state index in [0.29, 0.717) is 11.3 Å². The number of nitrogens with zero attached hydrogens (tertiary/aromatic N) is 3. The quantitative estimate of drug-likeness (QED) is 0.480. The molecule has 0 spiro atoms. The van der Waals surface area contributed by atoms with Crippen LogP contribution >= 0.6 is 0 Å². The van der Waals surface area contributed by atoms with E-state index in [9.17, 15) is 22.4 Å². The molecule has 0 saturated carbocycles. The van der Waals surface area contributed by atoms with Crippen LogP contribution in [0.25, 0.3) is 11.7 Å². The number of aryl methyl sites for hydroxylation is 1. The predicted molar refractivity (Wildman–Crippen MR) is 104 cm³/mol. The van der Waals surface area contributed by atoms with Crippen molar-refractivity contribution in [1.82, 2.24) is 19.9 Å². The first-order valence-electron chi connectivity index (χ1n) is 9.23. The second kappa shape index (κ2) is 8.25. The highest BCUT2D eigenvalue weighted by Gasteiger charge is 2.34. The van der Waals surface area contributed by atoms with Gasteiger partial charge in [0.05, 0.1) is 11.7 Å². The van der Waals surface area contributed by atoms with Crippen LogP contribution in [-0.2, 0) is 11.0 Å². The Morgan fingerprint density at radius 2 is 1.83 bits per heavy atom. The molecule has 0 radical (unpaired) electrons. The summed E-state index contributed by atoms with van der Waals surface area (Å²) in [5.41, 5.74) is 0.430. The van der Waals surface area contributed by atoms with E-state index in [1.54, 1.807) is 19.1 Å². The predicted octanol–water partition coefficient (Wildman–Crippen LogP) is 4.72. The molecular weight excluding hydrogens is 400 g/mol. The van der Waals surface area contributed by atoms with Crippen LogP contribution in [0, 0.1) is 18.7 Å². The minimum atomic E-state index is -4.59. The molecule has 1 aromatic carbocycles. The topological polar surface area (TPSA) is 59.3 Å². The lowest BCUT2D eigenvalue weighted by molar-refractivity contribution is -0.142. The number of fused-ring (bicyclic) bond motifs is 1. The summed E-state index contributed by atoms with van der Waals surface area (Å²) in [4.78, 5) is 16.4. The Hall–Kier alpha value is -3.23. The van der Waals surface area contributed by atoms with E-state index in [4.69, 9.17) is 0 Å². The van der Waals surface area contributed by atoms with Crippen molar-refractivity contribution < 1.29 is 22.4 Å². The molecule has 1 atom stereocenters. The number of hydrogen-bond acceptors (Lipinski definition) is 3. The van der Waals surface area contributed by atoms with Gasteiger partial charge >= 0.3 is 6.18 Å². The SMILES string of the molecule is Cc1nn2c(C(F)(F)F)ccnc2c1C=CC(=O)NC(c1ccc(F)cc1)C(C)C. The Bertz CT molecular complexity index is 1080. The molecule has 0 aliphatic heterocycles. The van der Waals surface area contributed by atoms with Gasteiger partial charge in [0, 0.05) is 17.8 Å². The number of rotatable bonds is 5. The summed E-state index contributed by atoms with van der Waals surface area (Å²) in [5, 5.41) is 6.76. The number of alkyl halides is 3. The van der Waals surface area contributed by atoms with Crippen LogP contribution in [0.15, 0.2) is 42.6 Å². The first-order chi connectivity index (χ1) is 14.1. The van der Waals surface area contributed by atoms with Crippen molar-refractivity contribution in [3.05, 3.63) is 70.9 Å². The molecule has 0 bridgehead atoms. The fraction of sp³-hybridized carbons (Fsp3) is 0.286. The van der Waals surface area contributed by atoms with E-state index in [-0.39, 0.29) is 23.4 Å². The number of carbonyl (C=O) groups is 1. The maximum absolute atomic E-state index is 13.2. The van der Waals surface area contributed by atoms with Gasteiger partial charge in [-0.25, -0.2) is 13.9 Å². The molecular formula is C21H20F4N4O. The molecule has 3 rings (SSSR count). The van der Waals surface area contributed by atoms with Crippen molar-refractivity contribution in [2.75, 3.05) is 0 Å². The lowest BCUT2D eigenvalue weighted by Crippen LogP contribution is -2.30. The Morgan fingerprint density at radius 3 is 2.43 bits per heavy atom. The van der Waals surface area contributed by atoms with E-state index in [1.807, 2.05) is 13.8 Å². The molecule has 1 amide bonds. The van der Waals surface area contributed by atoms with Crippen LogP contribution in [0.4, 0.5) is 17.6 Å². The third-order valence-corrected chi connectivity index (χ3v) is 4.62.